The largest absolute Gasteiger partial charge is 0.573 e. The minimum absolute atomic E-state index is 0.0826. The highest BCUT2D eigenvalue weighted by Crippen LogP contribution is 2.32. The maximum atomic E-state index is 12.1. The first kappa shape index (κ1) is 16.1. The monoisotopic (exact) mass is 295 g/mol. The minimum atomic E-state index is -4.74. The van der Waals surface area contributed by atoms with Crippen LogP contribution in [0.3, 0.4) is 0 Å². The van der Waals surface area contributed by atoms with Crippen molar-refractivity contribution in [1.29, 1.82) is 0 Å². The molecule has 0 fully saturated rings. The smallest absolute Gasteiger partial charge is 0.404 e. The molecule has 0 saturated heterocycles. The summed E-state index contributed by atoms with van der Waals surface area (Å²) < 4.78 is 40.0. The first-order valence-corrected chi connectivity index (χ1v) is 6.52. The number of nitrogens with two attached hydrogens (primary N) is 1. The van der Waals surface area contributed by atoms with Gasteiger partial charge in [0.15, 0.2) is 0 Å². The summed E-state index contributed by atoms with van der Waals surface area (Å²) in [4.78, 5) is 0. The van der Waals surface area contributed by atoms with Gasteiger partial charge in [-0.25, -0.2) is 0 Å². The van der Waals surface area contributed by atoms with Crippen molar-refractivity contribution < 1.29 is 17.9 Å². The summed E-state index contributed by atoms with van der Waals surface area (Å²) in [6.45, 7) is 2.09. The van der Waals surface area contributed by atoms with E-state index < -0.39 is 12.1 Å². The van der Waals surface area contributed by atoms with E-state index in [0.717, 1.165) is 31.2 Å². The molecule has 0 aliphatic rings. The van der Waals surface area contributed by atoms with Gasteiger partial charge in [0.25, 0.3) is 0 Å². The van der Waals surface area contributed by atoms with Crippen LogP contribution in [0, 0.1) is 0 Å². The van der Waals surface area contributed by atoms with Gasteiger partial charge in [0.05, 0.1) is 5.02 Å². The first-order chi connectivity index (χ1) is 8.83. The highest BCUT2D eigenvalue weighted by molar-refractivity contribution is 6.32. The Kier molecular flexibility index (Phi) is 5.94. The number of ether oxygens (including phenoxy) is 1. The molecule has 1 aromatic rings. The Morgan fingerprint density at radius 3 is 2.53 bits per heavy atom. The van der Waals surface area contributed by atoms with Crippen LogP contribution in [0.25, 0.3) is 0 Å². The maximum Gasteiger partial charge on any atom is 0.573 e. The fourth-order valence-corrected chi connectivity index (χ4v) is 1.96. The molecule has 2 N–H and O–H groups in total. The summed E-state index contributed by atoms with van der Waals surface area (Å²) in [5.74, 6) is -0.404. The molecule has 0 aromatic heterocycles. The average Bonchev–Trinajstić information content (AvgIpc) is 2.30. The van der Waals surface area contributed by atoms with Crippen molar-refractivity contribution in [3.8, 4) is 5.75 Å². The van der Waals surface area contributed by atoms with E-state index in [4.69, 9.17) is 17.3 Å². The summed E-state index contributed by atoms with van der Waals surface area (Å²) in [6.07, 6.45) is -0.809. The van der Waals surface area contributed by atoms with E-state index in [-0.39, 0.29) is 11.1 Å². The van der Waals surface area contributed by atoms with Crippen LogP contribution in [0.4, 0.5) is 13.2 Å². The summed E-state index contributed by atoms with van der Waals surface area (Å²) >= 11 is 5.76. The Bertz CT molecular complexity index is 409. The number of unbranched alkanes of at least 4 members (excludes halogenated alkanes) is 2. The molecule has 19 heavy (non-hydrogen) atoms. The van der Waals surface area contributed by atoms with E-state index >= 15 is 0 Å². The van der Waals surface area contributed by atoms with Gasteiger partial charge in [0.2, 0.25) is 0 Å². The SMILES string of the molecule is CCCCC[C@@H](N)c1ccc(OC(F)(F)F)c(Cl)c1. The van der Waals surface area contributed by atoms with Crippen LogP contribution in [0.1, 0.15) is 44.2 Å². The molecular weight excluding hydrogens is 279 g/mol. The molecule has 0 heterocycles. The van der Waals surface area contributed by atoms with Crippen molar-refractivity contribution >= 4 is 11.6 Å². The summed E-state index contributed by atoms with van der Waals surface area (Å²) in [5, 5.41) is -0.0826. The van der Waals surface area contributed by atoms with Crippen molar-refractivity contribution in [2.75, 3.05) is 0 Å². The Balaban J connectivity index is 2.70. The van der Waals surface area contributed by atoms with Crippen LogP contribution in [0.15, 0.2) is 18.2 Å². The molecule has 0 saturated carbocycles. The van der Waals surface area contributed by atoms with Gasteiger partial charge in [-0.3, -0.25) is 0 Å². The molecule has 108 valence electrons. The molecule has 0 aliphatic heterocycles. The zero-order valence-corrected chi connectivity index (χ0v) is 11.4. The van der Waals surface area contributed by atoms with Crippen molar-refractivity contribution in [3.05, 3.63) is 28.8 Å². The Morgan fingerprint density at radius 1 is 1.32 bits per heavy atom. The van der Waals surface area contributed by atoms with Gasteiger partial charge in [-0.2, -0.15) is 0 Å². The summed E-state index contributed by atoms with van der Waals surface area (Å²) in [7, 11) is 0. The molecule has 0 unspecified atom stereocenters. The van der Waals surface area contributed by atoms with Crippen molar-refractivity contribution in [1.82, 2.24) is 0 Å². The lowest BCUT2D eigenvalue weighted by molar-refractivity contribution is -0.274. The Labute approximate surface area is 115 Å². The second-order valence-electron chi connectivity index (χ2n) is 4.34. The molecule has 0 aliphatic carbocycles. The zero-order valence-electron chi connectivity index (χ0n) is 10.6. The average molecular weight is 296 g/mol. The third-order valence-electron chi connectivity index (χ3n) is 2.73. The number of hydrogen-bond donors (Lipinski definition) is 1. The van der Waals surface area contributed by atoms with E-state index in [0.29, 0.717) is 0 Å². The fraction of sp³-hybridized carbons (Fsp3) is 0.538. The number of alkyl halides is 3. The number of benzene rings is 1. The normalized spacial score (nSPS) is 13.4. The van der Waals surface area contributed by atoms with Gasteiger partial charge in [-0.15, -0.1) is 13.2 Å². The van der Waals surface area contributed by atoms with Gasteiger partial charge in [0, 0.05) is 6.04 Å². The molecule has 0 amide bonds. The van der Waals surface area contributed by atoms with Gasteiger partial charge in [-0.1, -0.05) is 43.9 Å². The molecule has 2 nitrogen and oxygen atoms in total. The lowest BCUT2D eigenvalue weighted by Gasteiger charge is -2.15. The number of rotatable bonds is 6. The van der Waals surface area contributed by atoms with Crippen LogP contribution in [-0.4, -0.2) is 6.36 Å². The molecule has 1 aromatic carbocycles. The van der Waals surface area contributed by atoms with E-state index in [2.05, 4.69) is 11.7 Å². The Morgan fingerprint density at radius 2 is 2.00 bits per heavy atom. The quantitative estimate of drug-likeness (QED) is 0.764. The van der Waals surface area contributed by atoms with E-state index in [1.165, 1.54) is 18.2 Å². The topological polar surface area (TPSA) is 35.2 Å². The molecule has 6 heteroatoms. The van der Waals surface area contributed by atoms with Crippen molar-refractivity contribution in [3.63, 3.8) is 0 Å². The van der Waals surface area contributed by atoms with Crippen LogP contribution in [0.5, 0.6) is 5.75 Å². The highest BCUT2D eigenvalue weighted by Gasteiger charge is 2.32. The highest BCUT2D eigenvalue weighted by atomic mass is 35.5. The van der Waals surface area contributed by atoms with Gasteiger partial charge < -0.3 is 10.5 Å². The van der Waals surface area contributed by atoms with E-state index in [1.54, 1.807) is 0 Å². The molecule has 1 atom stereocenters. The third kappa shape index (κ3) is 5.70. The van der Waals surface area contributed by atoms with Gasteiger partial charge in [-0.05, 0) is 24.1 Å². The second-order valence-corrected chi connectivity index (χ2v) is 4.75. The standard InChI is InChI=1S/C13H17ClF3NO/c1-2-3-4-5-11(18)9-6-7-12(10(14)8-9)19-13(15,16)17/h6-8,11H,2-5,18H2,1H3/t11-/m1/s1. The molecular formula is C13H17ClF3NO. The van der Waals surface area contributed by atoms with Crippen molar-refractivity contribution in [2.45, 2.75) is 45.0 Å². The molecule has 0 radical (unpaired) electrons. The second kappa shape index (κ2) is 7.01. The first-order valence-electron chi connectivity index (χ1n) is 6.14. The van der Waals surface area contributed by atoms with Crippen LogP contribution in [-0.2, 0) is 0 Å². The fourth-order valence-electron chi connectivity index (χ4n) is 1.74. The van der Waals surface area contributed by atoms with Gasteiger partial charge >= 0.3 is 6.36 Å². The van der Waals surface area contributed by atoms with Gasteiger partial charge in [0.1, 0.15) is 5.75 Å². The van der Waals surface area contributed by atoms with Crippen LogP contribution >= 0.6 is 11.6 Å². The minimum Gasteiger partial charge on any atom is -0.404 e. The van der Waals surface area contributed by atoms with Crippen LogP contribution in [0.2, 0.25) is 5.02 Å². The predicted molar refractivity (Wildman–Crippen MR) is 69.2 cm³/mol. The lowest BCUT2D eigenvalue weighted by atomic mass is 10.0. The summed E-state index contributed by atoms with van der Waals surface area (Å²) in [6, 6.07) is 3.93. The zero-order chi connectivity index (χ0) is 14.5. The maximum absolute atomic E-state index is 12.1. The Hall–Kier alpha value is -0.940. The molecule has 0 bridgehead atoms. The summed E-state index contributed by atoms with van der Waals surface area (Å²) in [5.41, 5.74) is 6.68. The third-order valence-corrected chi connectivity index (χ3v) is 3.02. The van der Waals surface area contributed by atoms with Crippen LogP contribution < -0.4 is 10.5 Å². The predicted octanol–water partition coefficient (Wildman–Crippen LogP) is 4.82. The molecule has 0 spiro atoms. The van der Waals surface area contributed by atoms with E-state index in [9.17, 15) is 13.2 Å². The van der Waals surface area contributed by atoms with Crippen molar-refractivity contribution in [2.24, 2.45) is 5.73 Å². The molecule has 1 rings (SSSR count). The lowest BCUT2D eigenvalue weighted by Crippen LogP contribution is -2.17. The van der Waals surface area contributed by atoms with E-state index in [1.807, 2.05) is 0 Å². The number of hydrogen-bond acceptors (Lipinski definition) is 2. The number of halogens is 4.